The predicted molar refractivity (Wildman–Crippen MR) is 68.8 cm³/mol. The fourth-order valence-electron chi connectivity index (χ4n) is 2.15. The third-order valence-electron chi connectivity index (χ3n) is 2.88. The van der Waals surface area contributed by atoms with Gasteiger partial charge in [0.15, 0.2) is 0 Å². The largest absolute Gasteiger partial charge is 0.313 e. The van der Waals surface area contributed by atoms with Crippen LogP contribution in [0.5, 0.6) is 0 Å². The van der Waals surface area contributed by atoms with Crippen molar-refractivity contribution >= 4 is 0 Å². The highest BCUT2D eigenvalue weighted by atomic mass is 14.9. The smallest absolute Gasteiger partial charge is 0.0243 e. The minimum atomic E-state index is 0.537. The molecule has 0 rings (SSSR count). The molecule has 0 saturated carbocycles. The zero-order valence-corrected chi connectivity index (χ0v) is 10.7. The van der Waals surface area contributed by atoms with Crippen molar-refractivity contribution in [3.05, 3.63) is 0 Å². The van der Waals surface area contributed by atoms with Crippen LogP contribution in [0, 0.1) is 18.3 Å². The van der Waals surface area contributed by atoms with Gasteiger partial charge in [0.25, 0.3) is 0 Å². The topological polar surface area (TPSA) is 12.0 Å². The van der Waals surface area contributed by atoms with Gasteiger partial charge in [0.1, 0.15) is 0 Å². The van der Waals surface area contributed by atoms with Crippen LogP contribution in [0.2, 0.25) is 0 Å². The Morgan fingerprint density at radius 1 is 1.07 bits per heavy atom. The van der Waals surface area contributed by atoms with E-state index in [2.05, 4.69) is 32.0 Å². The van der Waals surface area contributed by atoms with Gasteiger partial charge in [0.05, 0.1) is 0 Å². The van der Waals surface area contributed by atoms with E-state index in [4.69, 9.17) is 6.42 Å². The quantitative estimate of drug-likeness (QED) is 0.572. The molecule has 1 nitrogen and oxygen atoms in total. The maximum Gasteiger partial charge on any atom is 0.0243 e. The minimum absolute atomic E-state index is 0.537. The molecule has 0 aromatic carbocycles. The van der Waals surface area contributed by atoms with Gasteiger partial charge < -0.3 is 5.32 Å². The monoisotopic (exact) mass is 209 g/mol. The van der Waals surface area contributed by atoms with E-state index >= 15 is 0 Å². The molecule has 0 radical (unpaired) electrons. The summed E-state index contributed by atoms with van der Waals surface area (Å²) in [5.41, 5.74) is 0. The Morgan fingerprint density at radius 2 is 1.67 bits per heavy atom. The van der Waals surface area contributed by atoms with E-state index in [1.54, 1.807) is 0 Å². The van der Waals surface area contributed by atoms with Crippen LogP contribution in [-0.4, -0.2) is 12.6 Å². The number of hydrogen-bond acceptors (Lipinski definition) is 1. The first-order chi connectivity index (χ1) is 7.29. The van der Waals surface area contributed by atoms with E-state index < -0.39 is 0 Å². The molecule has 0 saturated heterocycles. The molecule has 0 aromatic rings. The second-order valence-electron chi connectivity index (χ2n) is 4.31. The summed E-state index contributed by atoms with van der Waals surface area (Å²) >= 11 is 0. The first-order valence-corrected chi connectivity index (χ1v) is 6.46. The van der Waals surface area contributed by atoms with Gasteiger partial charge in [0, 0.05) is 12.5 Å². The molecule has 0 aliphatic carbocycles. The van der Waals surface area contributed by atoms with Crippen LogP contribution in [0.3, 0.4) is 0 Å². The summed E-state index contributed by atoms with van der Waals surface area (Å²) in [7, 11) is 0. The van der Waals surface area contributed by atoms with Gasteiger partial charge >= 0.3 is 0 Å². The van der Waals surface area contributed by atoms with Crippen LogP contribution in [-0.2, 0) is 0 Å². The standard InChI is InChI=1S/C14H27N/c1-5-9-13(10-6-2)14(11-7-3)15-12-8-4/h3,13-15H,5-6,8-12H2,1-2,4H3. The summed E-state index contributed by atoms with van der Waals surface area (Å²) in [6, 6.07) is 0.537. The van der Waals surface area contributed by atoms with Crippen LogP contribution in [0.15, 0.2) is 0 Å². The van der Waals surface area contributed by atoms with Gasteiger partial charge in [-0.05, 0) is 31.7 Å². The highest BCUT2D eigenvalue weighted by Gasteiger charge is 2.18. The number of hydrogen-bond donors (Lipinski definition) is 1. The van der Waals surface area contributed by atoms with Crippen LogP contribution in [0.1, 0.15) is 59.3 Å². The molecule has 1 unspecified atom stereocenters. The maximum atomic E-state index is 5.44. The van der Waals surface area contributed by atoms with Crippen LogP contribution >= 0.6 is 0 Å². The third-order valence-corrected chi connectivity index (χ3v) is 2.88. The van der Waals surface area contributed by atoms with Crippen molar-refractivity contribution in [1.82, 2.24) is 5.32 Å². The molecule has 88 valence electrons. The summed E-state index contributed by atoms with van der Waals surface area (Å²) in [5.74, 6) is 3.58. The predicted octanol–water partition coefficient (Wildman–Crippen LogP) is 3.59. The molecule has 0 amide bonds. The lowest BCUT2D eigenvalue weighted by atomic mass is 9.88. The minimum Gasteiger partial charge on any atom is -0.313 e. The van der Waals surface area contributed by atoms with Gasteiger partial charge in [-0.15, -0.1) is 12.3 Å². The molecular weight excluding hydrogens is 182 g/mol. The second-order valence-corrected chi connectivity index (χ2v) is 4.31. The molecule has 0 aliphatic heterocycles. The average molecular weight is 209 g/mol. The average Bonchev–Trinajstić information content (AvgIpc) is 2.24. The normalized spacial score (nSPS) is 12.7. The second kappa shape index (κ2) is 10.1. The molecular formula is C14H27N. The van der Waals surface area contributed by atoms with Gasteiger partial charge in [0.2, 0.25) is 0 Å². The highest BCUT2D eigenvalue weighted by Crippen LogP contribution is 2.19. The summed E-state index contributed by atoms with van der Waals surface area (Å²) in [5, 5.41) is 3.60. The molecule has 0 aromatic heterocycles. The fraction of sp³-hybridized carbons (Fsp3) is 0.857. The zero-order valence-electron chi connectivity index (χ0n) is 10.7. The zero-order chi connectivity index (χ0) is 11.5. The van der Waals surface area contributed by atoms with Crippen molar-refractivity contribution in [3.8, 4) is 12.3 Å². The van der Waals surface area contributed by atoms with Crippen LogP contribution < -0.4 is 5.32 Å². The number of rotatable bonds is 9. The highest BCUT2D eigenvalue weighted by molar-refractivity contribution is 4.92. The maximum absolute atomic E-state index is 5.44. The Labute approximate surface area is 96.0 Å². The van der Waals surface area contributed by atoms with E-state index in [9.17, 15) is 0 Å². The van der Waals surface area contributed by atoms with E-state index in [0.717, 1.165) is 18.9 Å². The SMILES string of the molecule is C#CCC(NCCC)C(CCC)CCC. The first kappa shape index (κ1) is 14.5. The van der Waals surface area contributed by atoms with Crippen molar-refractivity contribution in [2.75, 3.05) is 6.54 Å². The molecule has 1 heteroatoms. The van der Waals surface area contributed by atoms with Crippen LogP contribution in [0.4, 0.5) is 0 Å². The van der Waals surface area contributed by atoms with Crippen molar-refractivity contribution in [3.63, 3.8) is 0 Å². The molecule has 15 heavy (non-hydrogen) atoms. The Morgan fingerprint density at radius 3 is 2.07 bits per heavy atom. The van der Waals surface area contributed by atoms with Crippen molar-refractivity contribution in [2.24, 2.45) is 5.92 Å². The van der Waals surface area contributed by atoms with E-state index in [1.807, 2.05) is 0 Å². The Hall–Kier alpha value is -0.480. The molecule has 0 heterocycles. The van der Waals surface area contributed by atoms with E-state index in [0.29, 0.717) is 6.04 Å². The van der Waals surface area contributed by atoms with Crippen molar-refractivity contribution in [2.45, 2.75) is 65.3 Å². The third kappa shape index (κ3) is 6.57. The van der Waals surface area contributed by atoms with E-state index in [1.165, 1.54) is 32.1 Å². The Balaban J connectivity index is 4.17. The van der Waals surface area contributed by atoms with Crippen LogP contribution in [0.25, 0.3) is 0 Å². The first-order valence-electron chi connectivity index (χ1n) is 6.46. The molecule has 0 bridgehead atoms. The van der Waals surface area contributed by atoms with Gasteiger partial charge in [-0.3, -0.25) is 0 Å². The molecule has 1 N–H and O–H groups in total. The molecule has 0 fully saturated rings. The van der Waals surface area contributed by atoms with Gasteiger partial charge in [-0.2, -0.15) is 0 Å². The van der Waals surface area contributed by atoms with Crippen molar-refractivity contribution in [1.29, 1.82) is 0 Å². The summed E-state index contributed by atoms with van der Waals surface area (Å²) in [6.45, 7) is 7.82. The Kier molecular flexibility index (Phi) is 9.73. The van der Waals surface area contributed by atoms with Gasteiger partial charge in [-0.25, -0.2) is 0 Å². The molecule has 0 spiro atoms. The number of nitrogens with one attached hydrogen (secondary N) is 1. The van der Waals surface area contributed by atoms with Gasteiger partial charge in [-0.1, -0.05) is 33.6 Å². The lowest BCUT2D eigenvalue weighted by Crippen LogP contribution is -2.36. The molecule has 1 atom stereocenters. The fourth-order valence-corrected chi connectivity index (χ4v) is 2.15. The van der Waals surface area contributed by atoms with E-state index in [-0.39, 0.29) is 0 Å². The summed E-state index contributed by atoms with van der Waals surface area (Å²) < 4.78 is 0. The Bertz CT molecular complexity index is 163. The summed E-state index contributed by atoms with van der Waals surface area (Å²) in [6.07, 6.45) is 12.6. The lowest BCUT2D eigenvalue weighted by Gasteiger charge is -2.26. The molecule has 0 aliphatic rings. The van der Waals surface area contributed by atoms with Crippen molar-refractivity contribution < 1.29 is 0 Å². The summed E-state index contributed by atoms with van der Waals surface area (Å²) in [4.78, 5) is 0. The lowest BCUT2D eigenvalue weighted by molar-refractivity contribution is 0.314. The number of terminal acetylenes is 1.